The summed E-state index contributed by atoms with van der Waals surface area (Å²) in [7, 11) is 1.74. The van der Waals surface area contributed by atoms with Crippen LogP contribution in [-0.2, 0) is 9.47 Å². The highest BCUT2D eigenvalue weighted by Gasteiger charge is 2.14. The molecule has 1 N–H and O–H groups in total. The molecule has 2 unspecified atom stereocenters. The molecule has 1 aliphatic heterocycles. The van der Waals surface area contributed by atoms with E-state index in [4.69, 9.17) is 9.47 Å². The lowest BCUT2D eigenvalue weighted by atomic mass is 10.2. The molecule has 0 bridgehead atoms. The number of hydrogen-bond acceptors (Lipinski definition) is 4. The molecular weight excluding hydrogens is 192 g/mol. The number of methoxy groups -OCH3 is 1. The zero-order valence-corrected chi connectivity index (χ0v) is 10.2. The molecule has 2 atom stereocenters. The third kappa shape index (κ3) is 5.47. The van der Waals surface area contributed by atoms with Crippen molar-refractivity contribution in [2.24, 2.45) is 0 Å². The summed E-state index contributed by atoms with van der Waals surface area (Å²) >= 11 is 0. The van der Waals surface area contributed by atoms with Gasteiger partial charge >= 0.3 is 0 Å². The Morgan fingerprint density at radius 2 is 1.93 bits per heavy atom. The van der Waals surface area contributed by atoms with E-state index in [9.17, 15) is 0 Å². The summed E-state index contributed by atoms with van der Waals surface area (Å²) in [5, 5.41) is 3.52. The maximum atomic E-state index is 5.32. The van der Waals surface area contributed by atoms with Crippen molar-refractivity contribution < 1.29 is 9.47 Å². The Labute approximate surface area is 92.9 Å². The molecule has 0 aromatic rings. The average Bonchev–Trinajstić information content (AvgIpc) is 2.19. The Kier molecular flexibility index (Phi) is 6.17. The van der Waals surface area contributed by atoms with Crippen LogP contribution in [-0.4, -0.2) is 63.5 Å². The Bertz CT molecular complexity index is 161. The zero-order chi connectivity index (χ0) is 11.1. The van der Waals surface area contributed by atoms with Crippen molar-refractivity contribution in [1.29, 1.82) is 0 Å². The van der Waals surface area contributed by atoms with Gasteiger partial charge in [-0.15, -0.1) is 0 Å². The Balaban J connectivity index is 2.13. The molecule has 0 saturated carbocycles. The van der Waals surface area contributed by atoms with Crippen molar-refractivity contribution in [2.75, 3.05) is 46.6 Å². The molecule has 4 heteroatoms. The van der Waals surface area contributed by atoms with Gasteiger partial charge in [-0.25, -0.2) is 0 Å². The van der Waals surface area contributed by atoms with E-state index < -0.39 is 0 Å². The van der Waals surface area contributed by atoms with Crippen molar-refractivity contribution >= 4 is 0 Å². The van der Waals surface area contributed by atoms with E-state index in [0.29, 0.717) is 12.1 Å². The predicted molar refractivity (Wildman–Crippen MR) is 61.2 cm³/mol. The summed E-state index contributed by atoms with van der Waals surface area (Å²) in [6, 6.07) is 0.930. The van der Waals surface area contributed by atoms with Crippen LogP contribution in [0, 0.1) is 0 Å². The van der Waals surface area contributed by atoms with E-state index in [2.05, 4.69) is 24.1 Å². The Morgan fingerprint density at radius 3 is 2.53 bits per heavy atom. The van der Waals surface area contributed by atoms with Crippen molar-refractivity contribution in [2.45, 2.75) is 25.9 Å². The highest BCUT2D eigenvalue weighted by Crippen LogP contribution is 1.99. The first kappa shape index (κ1) is 12.9. The van der Waals surface area contributed by atoms with Crippen LogP contribution in [0.1, 0.15) is 13.8 Å². The highest BCUT2D eigenvalue weighted by molar-refractivity contribution is 4.72. The smallest absolute Gasteiger partial charge is 0.0613 e. The number of rotatable bonds is 6. The van der Waals surface area contributed by atoms with Crippen LogP contribution < -0.4 is 5.32 Å². The largest absolute Gasteiger partial charge is 0.383 e. The fourth-order valence-corrected chi connectivity index (χ4v) is 2.01. The minimum absolute atomic E-state index is 0.422. The van der Waals surface area contributed by atoms with Crippen molar-refractivity contribution in [3.63, 3.8) is 0 Å². The molecule has 0 aromatic carbocycles. The lowest BCUT2D eigenvalue weighted by molar-refractivity contribution is 0.0332. The second-order valence-corrected chi connectivity index (χ2v) is 4.34. The first-order valence-corrected chi connectivity index (χ1v) is 5.77. The SMILES string of the molecule is COCC(C)NC(C)CN1CCOCC1. The molecule has 1 saturated heterocycles. The second kappa shape index (κ2) is 7.17. The molecule has 0 radical (unpaired) electrons. The quantitative estimate of drug-likeness (QED) is 0.694. The van der Waals surface area contributed by atoms with Crippen LogP contribution in [0.5, 0.6) is 0 Å². The van der Waals surface area contributed by atoms with Crippen LogP contribution >= 0.6 is 0 Å². The molecule has 4 nitrogen and oxygen atoms in total. The molecule has 0 spiro atoms. The molecule has 90 valence electrons. The second-order valence-electron chi connectivity index (χ2n) is 4.34. The summed E-state index contributed by atoms with van der Waals surface area (Å²) in [5.74, 6) is 0. The van der Waals surface area contributed by atoms with E-state index in [1.54, 1.807) is 7.11 Å². The van der Waals surface area contributed by atoms with Gasteiger partial charge in [0.25, 0.3) is 0 Å². The van der Waals surface area contributed by atoms with E-state index in [1.165, 1.54) is 0 Å². The maximum Gasteiger partial charge on any atom is 0.0613 e. The van der Waals surface area contributed by atoms with Gasteiger partial charge in [-0.05, 0) is 13.8 Å². The minimum Gasteiger partial charge on any atom is -0.383 e. The van der Waals surface area contributed by atoms with Crippen LogP contribution in [0.25, 0.3) is 0 Å². The van der Waals surface area contributed by atoms with Gasteiger partial charge in [0.05, 0.1) is 19.8 Å². The first-order valence-electron chi connectivity index (χ1n) is 5.77. The monoisotopic (exact) mass is 216 g/mol. The summed E-state index contributed by atoms with van der Waals surface area (Å²) in [6.07, 6.45) is 0. The fraction of sp³-hybridized carbons (Fsp3) is 1.00. The van der Waals surface area contributed by atoms with Crippen LogP contribution in [0.3, 0.4) is 0 Å². The van der Waals surface area contributed by atoms with Crippen LogP contribution in [0.4, 0.5) is 0 Å². The number of nitrogens with one attached hydrogen (secondary N) is 1. The highest BCUT2D eigenvalue weighted by atomic mass is 16.5. The summed E-state index contributed by atoms with van der Waals surface area (Å²) in [4.78, 5) is 2.45. The third-order valence-electron chi connectivity index (χ3n) is 2.62. The number of hydrogen-bond donors (Lipinski definition) is 1. The molecular formula is C11H24N2O2. The van der Waals surface area contributed by atoms with E-state index >= 15 is 0 Å². The zero-order valence-electron chi connectivity index (χ0n) is 10.2. The van der Waals surface area contributed by atoms with Gasteiger partial charge in [-0.2, -0.15) is 0 Å². The van der Waals surface area contributed by atoms with Crippen molar-refractivity contribution in [1.82, 2.24) is 10.2 Å². The standard InChI is InChI=1S/C11H24N2O2/c1-10(12-11(2)9-14-3)8-13-4-6-15-7-5-13/h10-12H,4-9H2,1-3H3. The number of nitrogens with zero attached hydrogens (tertiary/aromatic N) is 1. The van der Waals surface area contributed by atoms with Gasteiger partial charge in [0.15, 0.2) is 0 Å². The van der Waals surface area contributed by atoms with Crippen LogP contribution in [0.15, 0.2) is 0 Å². The fourth-order valence-electron chi connectivity index (χ4n) is 2.01. The van der Waals surface area contributed by atoms with Crippen LogP contribution in [0.2, 0.25) is 0 Å². The first-order chi connectivity index (χ1) is 7.22. The predicted octanol–water partition coefficient (Wildman–Crippen LogP) is 0.332. The van der Waals surface area contributed by atoms with Crippen molar-refractivity contribution in [3.8, 4) is 0 Å². The summed E-state index contributed by atoms with van der Waals surface area (Å²) in [5.41, 5.74) is 0. The van der Waals surface area contributed by atoms with Gasteiger partial charge < -0.3 is 14.8 Å². The molecule has 1 heterocycles. The Hall–Kier alpha value is -0.160. The van der Waals surface area contributed by atoms with Gasteiger partial charge in [0, 0.05) is 38.8 Å². The molecule has 0 aliphatic carbocycles. The van der Waals surface area contributed by atoms with E-state index in [-0.39, 0.29) is 0 Å². The summed E-state index contributed by atoms with van der Waals surface area (Å²) in [6.45, 7) is 10.1. The molecule has 0 aromatic heterocycles. The Morgan fingerprint density at radius 1 is 1.27 bits per heavy atom. The number of morpholine rings is 1. The minimum atomic E-state index is 0.422. The van der Waals surface area contributed by atoms with Gasteiger partial charge in [0.2, 0.25) is 0 Å². The molecule has 0 amide bonds. The normalized spacial score (nSPS) is 22.6. The molecule has 1 aliphatic rings. The topological polar surface area (TPSA) is 33.7 Å². The molecule has 15 heavy (non-hydrogen) atoms. The van der Waals surface area contributed by atoms with E-state index in [1.807, 2.05) is 0 Å². The lowest BCUT2D eigenvalue weighted by Crippen LogP contribution is -2.47. The molecule has 1 fully saturated rings. The lowest BCUT2D eigenvalue weighted by Gasteiger charge is -2.30. The van der Waals surface area contributed by atoms with Gasteiger partial charge in [-0.3, -0.25) is 4.90 Å². The maximum absolute atomic E-state index is 5.32. The third-order valence-corrected chi connectivity index (χ3v) is 2.62. The number of ether oxygens (including phenoxy) is 2. The average molecular weight is 216 g/mol. The van der Waals surface area contributed by atoms with Gasteiger partial charge in [0.1, 0.15) is 0 Å². The van der Waals surface area contributed by atoms with Crippen molar-refractivity contribution in [3.05, 3.63) is 0 Å². The molecule has 1 rings (SSSR count). The van der Waals surface area contributed by atoms with Gasteiger partial charge in [-0.1, -0.05) is 0 Å². The summed E-state index contributed by atoms with van der Waals surface area (Å²) < 4.78 is 10.4. The van der Waals surface area contributed by atoms with E-state index in [0.717, 1.165) is 39.5 Å².